The van der Waals surface area contributed by atoms with Crippen LogP contribution in [0.25, 0.3) is 0 Å². The van der Waals surface area contributed by atoms with Gasteiger partial charge in [0.1, 0.15) is 0 Å². The van der Waals surface area contributed by atoms with Gasteiger partial charge in [0.25, 0.3) is 0 Å². The van der Waals surface area contributed by atoms with Crippen LogP contribution in [0.5, 0.6) is 0 Å². The van der Waals surface area contributed by atoms with Crippen LogP contribution in [0.1, 0.15) is 39.0 Å². The molecule has 0 amide bonds. The number of rotatable bonds is 12. The molecule has 2 rings (SSSR count). The second-order valence-electron chi connectivity index (χ2n) is 6.55. The first kappa shape index (κ1) is 17.5. The zero-order valence-electron chi connectivity index (χ0n) is 14.4. The quantitative estimate of drug-likeness (QED) is 0.341. The largest absolute Gasteiger partial charge is 0.381 e. The third kappa shape index (κ3) is 7.99. The molecule has 2 aliphatic rings. The summed E-state index contributed by atoms with van der Waals surface area (Å²) in [5.41, 5.74) is 0. The van der Waals surface area contributed by atoms with Crippen LogP contribution in [0, 0.1) is 11.8 Å². The number of hydrogen-bond donors (Lipinski definition) is 1. The van der Waals surface area contributed by atoms with E-state index in [-0.39, 0.29) is 0 Å². The molecule has 1 N–H and O–H groups in total. The Kier molecular flexibility index (Phi) is 8.02. The molecular formula is C17H33N3O2. The first-order valence-electron chi connectivity index (χ1n) is 8.94. The fourth-order valence-corrected chi connectivity index (χ4v) is 2.20. The molecule has 5 nitrogen and oxygen atoms in total. The van der Waals surface area contributed by atoms with Gasteiger partial charge in [-0.1, -0.05) is 0 Å². The Morgan fingerprint density at radius 1 is 1.09 bits per heavy atom. The van der Waals surface area contributed by atoms with Crippen molar-refractivity contribution >= 4 is 5.96 Å². The lowest BCUT2D eigenvalue weighted by Crippen LogP contribution is -2.40. The Morgan fingerprint density at radius 2 is 1.73 bits per heavy atom. The molecule has 0 aromatic heterocycles. The monoisotopic (exact) mass is 311 g/mol. The van der Waals surface area contributed by atoms with Crippen LogP contribution in [-0.4, -0.2) is 64.0 Å². The molecule has 2 fully saturated rings. The Morgan fingerprint density at radius 3 is 2.32 bits per heavy atom. The summed E-state index contributed by atoms with van der Waals surface area (Å²) in [4.78, 5) is 6.82. The SMILES string of the molecule is CCNC(=NCCCOCC1CC1)N(C)CCOCC1CC1. The van der Waals surface area contributed by atoms with Crippen molar-refractivity contribution in [1.82, 2.24) is 10.2 Å². The van der Waals surface area contributed by atoms with Crippen LogP contribution in [0.4, 0.5) is 0 Å². The Labute approximate surface area is 135 Å². The van der Waals surface area contributed by atoms with E-state index in [1.54, 1.807) is 0 Å². The number of hydrogen-bond acceptors (Lipinski definition) is 3. The molecule has 0 atom stereocenters. The van der Waals surface area contributed by atoms with Gasteiger partial charge >= 0.3 is 0 Å². The van der Waals surface area contributed by atoms with Gasteiger partial charge in [-0.2, -0.15) is 0 Å². The molecule has 128 valence electrons. The number of ether oxygens (including phenoxy) is 2. The fraction of sp³-hybridized carbons (Fsp3) is 0.941. The second-order valence-corrected chi connectivity index (χ2v) is 6.55. The standard InChI is InChI=1S/C17H33N3O2/c1-3-18-17(19-9-4-11-21-13-15-5-6-15)20(2)10-12-22-14-16-7-8-16/h15-16H,3-14H2,1-2H3,(H,18,19). The molecule has 0 bridgehead atoms. The average molecular weight is 311 g/mol. The van der Waals surface area contributed by atoms with Gasteiger partial charge in [-0.25, -0.2) is 0 Å². The van der Waals surface area contributed by atoms with Crippen molar-refractivity contribution in [2.75, 3.05) is 53.1 Å². The molecule has 0 saturated heterocycles. The Balaban J connectivity index is 1.54. The number of guanidine groups is 1. The summed E-state index contributed by atoms with van der Waals surface area (Å²) in [6.45, 7) is 8.18. The van der Waals surface area contributed by atoms with Crippen LogP contribution in [0.15, 0.2) is 4.99 Å². The highest BCUT2D eigenvalue weighted by Crippen LogP contribution is 2.29. The van der Waals surface area contributed by atoms with Crippen molar-refractivity contribution in [3.05, 3.63) is 0 Å². The number of nitrogens with zero attached hydrogens (tertiary/aromatic N) is 2. The van der Waals surface area contributed by atoms with Crippen LogP contribution in [-0.2, 0) is 9.47 Å². The first-order valence-corrected chi connectivity index (χ1v) is 8.94. The van der Waals surface area contributed by atoms with E-state index in [1.807, 2.05) is 0 Å². The van der Waals surface area contributed by atoms with Crippen LogP contribution in [0.3, 0.4) is 0 Å². The number of likely N-dealkylation sites (N-methyl/N-ethyl adjacent to an activating group) is 1. The predicted octanol–water partition coefficient (Wildman–Crippen LogP) is 2.13. The maximum atomic E-state index is 5.70. The molecule has 0 aromatic rings. The lowest BCUT2D eigenvalue weighted by atomic mass is 10.4. The van der Waals surface area contributed by atoms with E-state index in [0.717, 1.165) is 70.3 Å². The Hall–Kier alpha value is -0.810. The van der Waals surface area contributed by atoms with Crippen molar-refractivity contribution in [2.45, 2.75) is 39.0 Å². The molecular weight excluding hydrogens is 278 g/mol. The van der Waals surface area contributed by atoms with Crippen molar-refractivity contribution in [3.63, 3.8) is 0 Å². The highest BCUT2D eigenvalue weighted by molar-refractivity contribution is 5.79. The van der Waals surface area contributed by atoms with Gasteiger partial charge in [0.2, 0.25) is 0 Å². The lowest BCUT2D eigenvalue weighted by molar-refractivity contribution is 0.115. The van der Waals surface area contributed by atoms with Crippen molar-refractivity contribution < 1.29 is 9.47 Å². The van der Waals surface area contributed by atoms with Gasteiger partial charge in [0.05, 0.1) is 6.61 Å². The number of aliphatic imine (C=N–C) groups is 1. The summed E-state index contributed by atoms with van der Waals surface area (Å²) in [7, 11) is 2.07. The summed E-state index contributed by atoms with van der Waals surface area (Å²) in [6, 6.07) is 0. The van der Waals surface area contributed by atoms with Crippen LogP contribution >= 0.6 is 0 Å². The average Bonchev–Trinajstić information content (AvgIpc) is 3.40. The molecule has 2 saturated carbocycles. The molecule has 5 heteroatoms. The van der Waals surface area contributed by atoms with E-state index >= 15 is 0 Å². The van der Waals surface area contributed by atoms with Gasteiger partial charge in [-0.3, -0.25) is 4.99 Å². The van der Waals surface area contributed by atoms with Crippen LogP contribution < -0.4 is 5.32 Å². The predicted molar refractivity (Wildman–Crippen MR) is 90.3 cm³/mol. The smallest absolute Gasteiger partial charge is 0.193 e. The topological polar surface area (TPSA) is 46.1 Å². The second kappa shape index (κ2) is 10.1. The molecule has 0 aromatic carbocycles. The molecule has 0 radical (unpaired) electrons. The van der Waals surface area contributed by atoms with Crippen molar-refractivity contribution in [1.29, 1.82) is 0 Å². The molecule has 0 unspecified atom stereocenters. The molecule has 22 heavy (non-hydrogen) atoms. The van der Waals surface area contributed by atoms with E-state index in [2.05, 4.69) is 29.2 Å². The van der Waals surface area contributed by atoms with Crippen molar-refractivity contribution in [2.24, 2.45) is 16.8 Å². The summed E-state index contributed by atoms with van der Waals surface area (Å²) < 4.78 is 11.3. The molecule has 0 aliphatic heterocycles. The summed E-state index contributed by atoms with van der Waals surface area (Å²) in [5.74, 6) is 2.66. The zero-order chi connectivity index (χ0) is 15.6. The molecule has 0 spiro atoms. The van der Waals surface area contributed by atoms with Crippen LogP contribution in [0.2, 0.25) is 0 Å². The van der Waals surface area contributed by atoms with Gasteiger partial charge in [-0.15, -0.1) is 0 Å². The summed E-state index contributed by atoms with van der Waals surface area (Å²) >= 11 is 0. The summed E-state index contributed by atoms with van der Waals surface area (Å²) in [5, 5.41) is 3.34. The van der Waals surface area contributed by atoms with Gasteiger partial charge in [-0.05, 0) is 50.9 Å². The minimum absolute atomic E-state index is 0.780. The summed E-state index contributed by atoms with van der Waals surface area (Å²) in [6.07, 6.45) is 6.41. The highest BCUT2D eigenvalue weighted by atomic mass is 16.5. The van der Waals surface area contributed by atoms with Crippen molar-refractivity contribution in [3.8, 4) is 0 Å². The fourth-order valence-electron chi connectivity index (χ4n) is 2.20. The molecule has 2 aliphatic carbocycles. The van der Waals surface area contributed by atoms with Gasteiger partial charge in [0.15, 0.2) is 5.96 Å². The van der Waals surface area contributed by atoms with E-state index in [9.17, 15) is 0 Å². The first-order chi connectivity index (χ1) is 10.8. The van der Waals surface area contributed by atoms with Gasteiger partial charge < -0.3 is 19.7 Å². The van der Waals surface area contributed by atoms with Gasteiger partial charge in [0, 0.05) is 46.5 Å². The zero-order valence-corrected chi connectivity index (χ0v) is 14.4. The third-order valence-electron chi connectivity index (χ3n) is 4.08. The van der Waals surface area contributed by atoms with E-state index < -0.39 is 0 Å². The third-order valence-corrected chi connectivity index (χ3v) is 4.08. The highest BCUT2D eigenvalue weighted by Gasteiger charge is 2.21. The van der Waals surface area contributed by atoms with E-state index in [1.165, 1.54) is 25.7 Å². The minimum atomic E-state index is 0.780. The van der Waals surface area contributed by atoms with E-state index in [0.29, 0.717) is 0 Å². The maximum absolute atomic E-state index is 5.70. The number of nitrogens with one attached hydrogen (secondary N) is 1. The van der Waals surface area contributed by atoms with E-state index in [4.69, 9.17) is 9.47 Å². The normalized spacial score (nSPS) is 18.5. The molecule has 0 heterocycles. The Bertz CT molecular complexity index is 328. The lowest BCUT2D eigenvalue weighted by Gasteiger charge is -2.22. The maximum Gasteiger partial charge on any atom is 0.193 e. The minimum Gasteiger partial charge on any atom is -0.381 e.